The minimum Gasteiger partial charge on any atom is -0.462 e. The minimum absolute atomic E-state index is 0.171. The highest BCUT2D eigenvalue weighted by Crippen LogP contribution is 2.57. The van der Waals surface area contributed by atoms with Crippen molar-refractivity contribution in [2.75, 3.05) is 11.5 Å². The lowest BCUT2D eigenvalue weighted by atomic mass is 9.77. The van der Waals surface area contributed by atoms with Crippen LogP contribution in [0, 0.1) is 11.8 Å². The molecular weight excluding hydrogens is 554 g/mol. The molecule has 1 aliphatic carbocycles. The van der Waals surface area contributed by atoms with Gasteiger partial charge in [0.2, 0.25) is 29.0 Å². The van der Waals surface area contributed by atoms with E-state index >= 15 is 0 Å². The molecule has 2 amide bonds. The number of esters is 1. The molecule has 3 aromatic rings. The second kappa shape index (κ2) is 8.82. The number of ketones is 2. The molecule has 0 radical (unpaired) electrons. The van der Waals surface area contributed by atoms with E-state index in [1.807, 2.05) is 0 Å². The van der Waals surface area contributed by atoms with Gasteiger partial charge in [-0.3, -0.25) is 19.2 Å². The second-order valence-corrected chi connectivity index (χ2v) is 10.2. The number of carbonyl (C=O) groups is 5. The molecule has 0 unspecified atom stereocenters. The number of imide groups is 1. The number of benzene rings is 3. The fourth-order valence-electron chi connectivity index (χ4n) is 5.69. The Balaban J connectivity index is 1.46. The summed E-state index contributed by atoms with van der Waals surface area (Å²) in [6, 6.07) is 19.2. The van der Waals surface area contributed by atoms with E-state index in [4.69, 9.17) is 9.47 Å². The van der Waals surface area contributed by atoms with Crippen LogP contribution < -0.4 is 4.90 Å². The van der Waals surface area contributed by atoms with Gasteiger partial charge in [-0.25, -0.2) is 9.69 Å². The number of nitrogens with zero attached hydrogens (tertiary/aromatic N) is 1. The van der Waals surface area contributed by atoms with Crippen LogP contribution in [-0.4, -0.2) is 41.6 Å². The van der Waals surface area contributed by atoms with Crippen molar-refractivity contribution in [1.29, 1.82) is 0 Å². The standard InChI is InChI=1S/C29H20BrNO7/c1-2-37-28(36)16-9-13-18(14-10-16)31-26(34)21-22(27(31)35)29(38-23(21)15-7-11-17(30)12-8-15)24(32)19-5-3-4-6-20(19)25(29)33/h3-14,21-23H,2H2,1H3/t21-,22+,23-/m1/s1. The molecule has 3 atom stereocenters. The third-order valence-electron chi connectivity index (χ3n) is 7.35. The molecule has 190 valence electrons. The zero-order valence-electron chi connectivity index (χ0n) is 20.1. The topological polar surface area (TPSA) is 107 Å². The first-order valence-electron chi connectivity index (χ1n) is 12.1. The zero-order valence-corrected chi connectivity index (χ0v) is 21.6. The average Bonchev–Trinajstić information content (AvgIpc) is 3.49. The molecule has 0 bridgehead atoms. The van der Waals surface area contributed by atoms with E-state index < -0.39 is 52.9 Å². The van der Waals surface area contributed by atoms with Crippen LogP contribution >= 0.6 is 15.9 Å². The van der Waals surface area contributed by atoms with E-state index in [0.29, 0.717) is 5.56 Å². The van der Waals surface area contributed by atoms with Gasteiger partial charge in [-0.15, -0.1) is 0 Å². The van der Waals surface area contributed by atoms with Crippen LogP contribution in [0.25, 0.3) is 0 Å². The van der Waals surface area contributed by atoms with Crippen molar-refractivity contribution in [2.45, 2.75) is 18.6 Å². The maximum absolute atomic E-state index is 14.0. The molecular formula is C29H20BrNO7. The summed E-state index contributed by atoms with van der Waals surface area (Å²) >= 11 is 3.38. The Morgan fingerprint density at radius 3 is 2.08 bits per heavy atom. The summed E-state index contributed by atoms with van der Waals surface area (Å²) in [6.45, 7) is 1.90. The second-order valence-electron chi connectivity index (χ2n) is 9.31. The van der Waals surface area contributed by atoms with Gasteiger partial charge in [0.15, 0.2) is 0 Å². The Morgan fingerprint density at radius 1 is 0.895 bits per heavy atom. The molecule has 0 N–H and O–H groups in total. The number of carbonyl (C=O) groups excluding carboxylic acids is 5. The molecule has 3 aromatic carbocycles. The van der Waals surface area contributed by atoms with Crippen molar-refractivity contribution in [2.24, 2.45) is 11.8 Å². The van der Waals surface area contributed by atoms with Crippen molar-refractivity contribution < 1.29 is 33.4 Å². The van der Waals surface area contributed by atoms with Crippen molar-refractivity contribution in [3.63, 3.8) is 0 Å². The number of hydrogen-bond donors (Lipinski definition) is 0. The molecule has 2 heterocycles. The van der Waals surface area contributed by atoms with Gasteiger partial charge in [0.25, 0.3) is 0 Å². The number of hydrogen-bond acceptors (Lipinski definition) is 7. The number of ether oxygens (including phenoxy) is 2. The summed E-state index contributed by atoms with van der Waals surface area (Å²) in [5.74, 6) is -5.49. The summed E-state index contributed by atoms with van der Waals surface area (Å²) in [5.41, 5.74) is -0.743. The van der Waals surface area contributed by atoms with E-state index in [9.17, 15) is 24.0 Å². The molecule has 9 heteroatoms. The Hall–Kier alpha value is -3.95. The molecule has 2 fully saturated rings. The van der Waals surface area contributed by atoms with Crippen molar-refractivity contribution in [1.82, 2.24) is 0 Å². The molecule has 2 saturated heterocycles. The van der Waals surface area contributed by atoms with Gasteiger partial charge in [-0.05, 0) is 48.9 Å². The summed E-state index contributed by atoms with van der Waals surface area (Å²) in [6.07, 6.45) is -1.00. The van der Waals surface area contributed by atoms with Crippen molar-refractivity contribution >= 4 is 51.0 Å². The fourth-order valence-corrected chi connectivity index (χ4v) is 5.95. The molecule has 6 rings (SSSR count). The predicted octanol–water partition coefficient (Wildman–Crippen LogP) is 4.32. The van der Waals surface area contributed by atoms with Crippen LogP contribution in [0.15, 0.2) is 77.3 Å². The predicted molar refractivity (Wildman–Crippen MR) is 138 cm³/mol. The normalized spacial score (nSPS) is 23.2. The highest BCUT2D eigenvalue weighted by molar-refractivity contribution is 9.10. The average molecular weight is 574 g/mol. The summed E-state index contributed by atoms with van der Waals surface area (Å²) in [4.78, 5) is 68.5. The number of Topliss-reactive ketones (excluding diaryl/α,β-unsaturated/α-hetero) is 2. The number of halogens is 1. The van der Waals surface area contributed by atoms with Gasteiger partial charge in [-0.2, -0.15) is 0 Å². The van der Waals surface area contributed by atoms with Gasteiger partial charge in [-0.1, -0.05) is 52.3 Å². The number of amides is 2. The Kier molecular flexibility index (Phi) is 5.66. The van der Waals surface area contributed by atoms with Crippen LogP contribution in [-0.2, 0) is 19.1 Å². The first-order valence-corrected chi connectivity index (χ1v) is 12.9. The van der Waals surface area contributed by atoms with Gasteiger partial charge >= 0.3 is 5.97 Å². The monoisotopic (exact) mass is 573 g/mol. The summed E-state index contributed by atoms with van der Waals surface area (Å²) in [5, 5.41) is 0. The van der Waals surface area contributed by atoms with Crippen molar-refractivity contribution in [3.8, 4) is 0 Å². The van der Waals surface area contributed by atoms with Gasteiger partial charge in [0.05, 0.1) is 35.8 Å². The molecule has 3 aliphatic rings. The molecule has 1 spiro atoms. The van der Waals surface area contributed by atoms with Gasteiger partial charge < -0.3 is 9.47 Å². The fraction of sp³-hybridized carbons (Fsp3) is 0.207. The van der Waals surface area contributed by atoms with E-state index in [0.717, 1.165) is 9.37 Å². The summed E-state index contributed by atoms with van der Waals surface area (Å²) < 4.78 is 12.1. The first-order chi connectivity index (χ1) is 18.3. The third-order valence-corrected chi connectivity index (χ3v) is 7.88. The Bertz CT molecular complexity index is 1490. The number of anilines is 1. The third kappa shape index (κ3) is 3.28. The van der Waals surface area contributed by atoms with Gasteiger partial charge in [0, 0.05) is 15.6 Å². The van der Waals surface area contributed by atoms with Crippen LogP contribution in [0.2, 0.25) is 0 Å². The van der Waals surface area contributed by atoms with E-state index in [1.165, 1.54) is 36.4 Å². The highest BCUT2D eigenvalue weighted by atomic mass is 79.9. The quantitative estimate of drug-likeness (QED) is 0.260. The molecule has 38 heavy (non-hydrogen) atoms. The van der Waals surface area contributed by atoms with Crippen LogP contribution in [0.5, 0.6) is 0 Å². The van der Waals surface area contributed by atoms with Crippen LogP contribution in [0.1, 0.15) is 49.7 Å². The highest BCUT2D eigenvalue weighted by Gasteiger charge is 2.74. The first kappa shape index (κ1) is 24.4. The molecule has 2 aliphatic heterocycles. The molecule has 8 nitrogen and oxygen atoms in total. The smallest absolute Gasteiger partial charge is 0.338 e. The van der Waals surface area contributed by atoms with Crippen LogP contribution in [0.3, 0.4) is 0 Å². The number of rotatable bonds is 4. The lowest BCUT2D eigenvalue weighted by Crippen LogP contribution is -2.51. The Labute approximate surface area is 225 Å². The lowest BCUT2D eigenvalue weighted by molar-refractivity contribution is -0.127. The minimum atomic E-state index is -2.14. The zero-order chi connectivity index (χ0) is 26.8. The lowest BCUT2D eigenvalue weighted by Gasteiger charge is -2.27. The van der Waals surface area contributed by atoms with E-state index in [-0.39, 0.29) is 29.0 Å². The van der Waals surface area contributed by atoms with Crippen LogP contribution in [0.4, 0.5) is 5.69 Å². The van der Waals surface area contributed by atoms with Crippen molar-refractivity contribution in [3.05, 3.63) is 99.5 Å². The maximum atomic E-state index is 14.0. The maximum Gasteiger partial charge on any atom is 0.338 e. The SMILES string of the molecule is CCOC(=O)c1ccc(N2C(=O)[C@H]3[C@@H](c4ccc(Br)cc4)OC4(C(=O)c5ccccc5C4=O)[C@@H]3C2=O)cc1. The van der Waals surface area contributed by atoms with Gasteiger partial charge in [0.1, 0.15) is 0 Å². The Morgan fingerprint density at radius 2 is 1.50 bits per heavy atom. The number of fused-ring (bicyclic) bond motifs is 3. The largest absolute Gasteiger partial charge is 0.462 e. The van der Waals surface area contributed by atoms with E-state index in [2.05, 4.69) is 15.9 Å². The summed E-state index contributed by atoms with van der Waals surface area (Å²) in [7, 11) is 0. The van der Waals surface area contributed by atoms with E-state index in [1.54, 1.807) is 43.3 Å². The molecule has 0 aromatic heterocycles. The molecule has 0 saturated carbocycles.